The molecule has 1 aliphatic heterocycles. The molecule has 0 bridgehead atoms. The van der Waals surface area contributed by atoms with Gasteiger partial charge in [-0.15, -0.1) is 22.6 Å². The van der Waals surface area contributed by atoms with Crippen molar-refractivity contribution in [1.29, 1.82) is 0 Å². The van der Waals surface area contributed by atoms with Crippen molar-refractivity contribution in [3.05, 3.63) is 34.3 Å². The van der Waals surface area contributed by atoms with E-state index in [1.54, 1.807) is 31.2 Å². The van der Waals surface area contributed by atoms with Crippen LogP contribution in [-0.4, -0.2) is 48.4 Å². The summed E-state index contributed by atoms with van der Waals surface area (Å²) in [6.45, 7) is 3.84. The molecule has 0 aliphatic carbocycles. The molecule has 2 heterocycles. The zero-order valence-corrected chi connectivity index (χ0v) is 17.1. The van der Waals surface area contributed by atoms with Gasteiger partial charge in [0.2, 0.25) is 5.01 Å². The van der Waals surface area contributed by atoms with Gasteiger partial charge in [-0.05, 0) is 57.1 Å². The van der Waals surface area contributed by atoms with E-state index in [4.69, 9.17) is 9.47 Å². The van der Waals surface area contributed by atoms with Crippen molar-refractivity contribution in [3.63, 3.8) is 0 Å². The Labute approximate surface area is 173 Å². The fourth-order valence-corrected chi connectivity index (χ4v) is 3.63. The quantitative estimate of drug-likeness (QED) is 0.656. The van der Waals surface area contributed by atoms with Crippen molar-refractivity contribution in [2.24, 2.45) is 0 Å². The van der Waals surface area contributed by atoms with E-state index in [1.807, 2.05) is 0 Å². The summed E-state index contributed by atoms with van der Waals surface area (Å²) >= 11 is 1.35. The van der Waals surface area contributed by atoms with E-state index < -0.39 is 5.97 Å². The summed E-state index contributed by atoms with van der Waals surface area (Å²) in [7, 11) is 0. The van der Waals surface area contributed by atoms with Crippen LogP contribution < -0.4 is 15.4 Å². The molecule has 0 radical (unpaired) electrons. The molecule has 10 heteroatoms. The van der Waals surface area contributed by atoms with E-state index >= 15 is 0 Å². The van der Waals surface area contributed by atoms with Gasteiger partial charge in [0, 0.05) is 11.6 Å². The molecule has 1 amide bonds. The average Bonchev–Trinajstić information content (AvgIpc) is 3.19. The number of nitrogens with zero attached hydrogens (tertiary/aromatic N) is 2. The highest BCUT2D eigenvalue weighted by atomic mass is 35.5. The molecule has 0 atom stereocenters. The second-order valence-electron chi connectivity index (χ2n) is 6.04. The number of anilines is 1. The molecule has 1 saturated heterocycles. The maximum absolute atomic E-state index is 12.4. The van der Waals surface area contributed by atoms with Crippen molar-refractivity contribution < 1.29 is 19.1 Å². The predicted octanol–water partition coefficient (Wildman–Crippen LogP) is 2.62. The summed E-state index contributed by atoms with van der Waals surface area (Å²) in [5.74, 6) is 0.190. The van der Waals surface area contributed by atoms with E-state index in [-0.39, 0.29) is 24.9 Å². The third-order valence-electron chi connectivity index (χ3n) is 4.10. The number of rotatable bonds is 7. The molecular formula is C18H23ClN4O4S. The Balaban J connectivity index is 0.00000280. The molecule has 8 nitrogen and oxygen atoms in total. The standard InChI is InChI=1S/C18H22N4O4S.ClH/c1-2-25-15(23)11-26-14-5-3-13(4-6-14)20-16(24)18-22-21-17(27-18)12-7-9-19-10-8-12;/h3-6,12,19H,2,7-11H2,1H3,(H,20,24);1H. The normalized spacial score (nSPS) is 14.0. The Morgan fingerprint density at radius 1 is 1.21 bits per heavy atom. The average molecular weight is 427 g/mol. The van der Waals surface area contributed by atoms with E-state index in [9.17, 15) is 9.59 Å². The number of halogens is 1. The first-order valence-electron chi connectivity index (χ1n) is 8.89. The van der Waals surface area contributed by atoms with Crippen LogP contribution in [0.3, 0.4) is 0 Å². The van der Waals surface area contributed by atoms with Gasteiger partial charge >= 0.3 is 5.97 Å². The third kappa shape index (κ3) is 6.15. The number of carbonyl (C=O) groups excluding carboxylic acids is 2. The Kier molecular flexibility index (Phi) is 8.62. The van der Waals surface area contributed by atoms with Gasteiger partial charge in [-0.3, -0.25) is 4.79 Å². The van der Waals surface area contributed by atoms with E-state index in [2.05, 4.69) is 20.8 Å². The summed E-state index contributed by atoms with van der Waals surface area (Å²) in [5.41, 5.74) is 0.613. The van der Waals surface area contributed by atoms with Crippen LogP contribution in [0.15, 0.2) is 24.3 Å². The zero-order chi connectivity index (χ0) is 19.1. The van der Waals surface area contributed by atoms with E-state index in [0.717, 1.165) is 30.9 Å². The number of aromatic nitrogens is 2. The number of nitrogens with one attached hydrogen (secondary N) is 2. The minimum Gasteiger partial charge on any atom is -0.482 e. The van der Waals surface area contributed by atoms with Crippen molar-refractivity contribution in [2.75, 3.05) is 31.6 Å². The summed E-state index contributed by atoms with van der Waals surface area (Å²) in [4.78, 5) is 23.7. The molecule has 0 saturated carbocycles. The number of esters is 1. The van der Waals surface area contributed by atoms with Crippen molar-refractivity contribution >= 4 is 41.3 Å². The number of piperidine rings is 1. The lowest BCUT2D eigenvalue weighted by Gasteiger charge is -2.19. The Hall–Kier alpha value is -2.23. The first-order valence-corrected chi connectivity index (χ1v) is 9.71. The van der Waals surface area contributed by atoms with Crippen molar-refractivity contribution in [2.45, 2.75) is 25.7 Å². The molecule has 1 aromatic carbocycles. The highest BCUT2D eigenvalue weighted by Gasteiger charge is 2.21. The Morgan fingerprint density at radius 3 is 2.61 bits per heavy atom. The SMILES string of the molecule is CCOC(=O)COc1ccc(NC(=O)c2nnc(C3CCNCC3)s2)cc1.Cl. The topological polar surface area (TPSA) is 102 Å². The van der Waals surface area contributed by atoms with Crippen LogP contribution in [0, 0.1) is 0 Å². The van der Waals surface area contributed by atoms with Crippen LogP contribution in [0.5, 0.6) is 5.75 Å². The first-order chi connectivity index (χ1) is 13.2. The van der Waals surface area contributed by atoms with E-state index in [0.29, 0.717) is 29.0 Å². The predicted molar refractivity (Wildman–Crippen MR) is 109 cm³/mol. The minimum absolute atomic E-state index is 0. The maximum atomic E-state index is 12.4. The van der Waals surface area contributed by atoms with Crippen LogP contribution in [0.25, 0.3) is 0 Å². The van der Waals surface area contributed by atoms with Crippen LogP contribution in [0.1, 0.15) is 40.5 Å². The van der Waals surface area contributed by atoms with Gasteiger partial charge in [0.1, 0.15) is 10.8 Å². The summed E-state index contributed by atoms with van der Waals surface area (Å²) < 4.78 is 10.1. The number of ether oxygens (including phenoxy) is 2. The smallest absolute Gasteiger partial charge is 0.344 e. The van der Waals surface area contributed by atoms with Gasteiger partial charge in [-0.25, -0.2) is 4.79 Å². The second kappa shape index (κ2) is 10.9. The van der Waals surface area contributed by atoms with Gasteiger partial charge in [-0.1, -0.05) is 11.3 Å². The monoisotopic (exact) mass is 426 g/mol. The van der Waals surface area contributed by atoms with Crippen LogP contribution >= 0.6 is 23.7 Å². The van der Waals surface area contributed by atoms with Gasteiger partial charge in [0.25, 0.3) is 5.91 Å². The van der Waals surface area contributed by atoms with Crippen molar-refractivity contribution in [3.8, 4) is 5.75 Å². The van der Waals surface area contributed by atoms with E-state index in [1.165, 1.54) is 11.3 Å². The molecule has 2 N–H and O–H groups in total. The Morgan fingerprint density at radius 2 is 1.93 bits per heavy atom. The number of hydrogen-bond acceptors (Lipinski definition) is 8. The fourth-order valence-electron chi connectivity index (χ4n) is 2.72. The van der Waals surface area contributed by atoms with Crippen LogP contribution in [-0.2, 0) is 9.53 Å². The molecule has 1 aromatic heterocycles. The molecule has 1 aliphatic rings. The number of amides is 1. The lowest BCUT2D eigenvalue weighted by molar-refractivity contribution is -0.145. The highest BCUT2D eigenvalue weighted by Crippen LogP contribution is 2.28. The Bertz CT molecular complexity index is 778. The minimum atomic E-state index is -0.421. The zero-order valence-electron chi connectivity index (χ0n) is 15.5. The molecule has 2 aromatic rings. The third-order valence-corrected chi connectivity index (χ3v) is 5.18. The number of carbonyl (C=O) groups is 2. The molecule has 28 heavy (non-hydrogen) atoms. The second-order valence-corrected chi connectivity index (χ2v) is 7.05. The number of hydrogen-bond donors (Lipinski definition) is 2. The van der Waals surface area contributed by atoms with Gasteiger partial charge in [0.05, 0.1) is 6.61 Å². The molecule has 152 valence electrons. The molecule has 0 spiro atoms. The van der Waals surface area contributed by atoms with Crippen molar-refractivity contribution in [1.82, 2.24) is 15.5 Å². The van der Waals surface area contributed by atoms with Gasteiger partial charge in [0.15, 0.2) is 6.61 Å². The summed E-state index contributed by atoms with van der Waals surface area (Å²) in [6.07, 6.45) is 2.03. The maximum Gasteiger partial charge on any atom is 0.344 e. The summed E-state index contributed by atoms with van der Waals surface area (Å²) in [6, 6.07) is 6.76. The largest absolute Gasteiger partial charge is 0.482 e. The van der Waals surface area contributed by atoms with Gasteiger partial charge < -0.3 is 20.1 Å². The molecule has 3 rings (SSSR count). The van der Waals surface area contributed by atoms with Crippen LogP contribution in [0.4, 0.5) is 5.69 Å². The molecular weight excluding hydrogens is 404 g/mol. The molecule has 1 fully saturated rings. The number of benzene rings is 1. The lowest BCUT2D eigenvalue weighted by atomic mass is 9.99. The van der Waals surface area contributed by atoms with Crippen LogP contribution in [0.2, 0.25) is 0 Å². The fraction of sp³-hybridized carbons (Fsp3) is 0.444. The van der Waals surface area contributed by atoms with Gasteiger partial charge in [-0.2, -0.15) is 0 Å². The first kappa shape index (κ1) is 22.1. The summed E-state index contributed by atoms with van der Waals surface area (Å²) in [5, 5.41) is 15.6. The lowest BCUT2D eigenvalue weighted by Crippen LogP contribution is -2.26. The molecule has 0 unspecified atom stereocenters. The highest BCUT2D eigenvalue weighted by molar-refractivity contribution is 7.13.